The monoisotopic (exact) mass is 442 g/mol. The quantitative estimate of drug-likeness (QED) is 0.366. The van der Waals surface area contributed by atoms with Crippen molar-refractivity contribution in [1.29, 1.82) is 0 Å². The average Bonchev–Trinajstić information content (AvgIpc) is 2.65. The Hall–Kier alpha value is -1.44. The maximum atomic E-state index is 12.1. The fourth-order valence-corrected chi connectivity index (χ4v) is 3.50. The summed E-state index contributed by atoms with van der Waals surface area (Å²) in [6, 6.07) is 7.59. The van der Waals surface area contributed by atoms with E-state index in [-0.39, 0.29) is 18.1 Å². The van der Waals surface area contributed by atoms with Gasteiger partial charge in [-0.1, -0.05) is 35.0 Å². The molecule has 6 atom stereocenters. The zero-order chi connectivity index (χ0) is 20.2. The summed E-state index contributed by atoms with van der Waals surface area (Å²) >= 11 is 3.20. The Labute approximate surface area is 168 Å². The minimum Gasteiger partial charge on any atom is -0.497 e. The second kappa shape index (κ2) is 9.17. The van der Waals surface area contributed by atoms with Crippen molar-refractivity contribution in [2.45, 2.75) is 63.0 Å². The Morgan fingerprint density at radius 2 is 1.96 bits per heavy atom. The smallest absolute Gasteiger partial charge is 0.319 e. The van der Waals surface area contributed by atoms with Crippen LogP contribution in [0.3, 0.4) is 0 Å². The van der Waals surface area contributed by atoms with Gasteiger partial charge in [0.25, 0.3) is 0 Å². The van der Waals surface area contributed by atoms with E-state index in [9.17, 15) is 9.59 Å². The molecule has 1 aliphatic heterocycles. The molecule has 1 aliphatic rings. The summed E-state index contributed by atoms with van der Waals surface area (Å²) in [4.78, 5) is 23.3. The van der Waals surface area contributed by atoms with E-state index in [2.05, 4.69) is 15.9 Å². The van der Waals surface area contributed by atoms with E-state index >= 15 is 0 Å². The number of esters is 1. The van der Waals surface area contributed by atoms with Gasteiger partial charge >= 0.3 is 5.97 Å². The number of aldehydes is 1. The van der Waals surface area contributed by atoms with Crippen LogP contribution in [0.5, 0.6) is 5.75 Å². The van der Waals surface area contributed by atoms with E-state index < -0.39 is 22.5 Å². The Balaban J connectivity index is 2.13. The van der Waals surface area contributed by atoms with Crippen LogP contribution in [-0.4, -0.2) is 48.1 Å². The molecule has 150 valence electrons. The summed E-state index contributed by atoms with van der Waals surface area (Å²) in [5, 5.41) is 0. The zero-order valence-electron chi connectivity index (χ0n) is 16.3. The van der Waals surface area contributed by atoms with Gasteiger partial charge in [-0.3, -0.25) is 9.59 Å². The Morgan fingerprint density at radius 3 is 2.48 bits per heavy atom. The largest absolute Gasteiger partial charge is 0.497 e. The second-order valence-corrected chi connectivity index (χ2v) is 8.45. The molecule has 1 aromatic carbocycles. The average molecular weight is 443 g/mol. The highest BCUT2D eigenvalue weighted by Gasteiger charge is 2.52. The summed E-state index contributed by atoms with van der Waals surface area (Å²) in [5.74, 6) is 0.114. The van der Waals surface area contributed by atoms with Crippen LogP contribution in [0.15, 0.2) is 24.3 Å². The Bertz CT molecular complexity index is 646. The maximum absolute atomic E-state index is 12.1. The number of alkyl halides is 1. The lowest BCUT2D eigenvalue weighted by molar-refractivity contribution is -0.245. The van der Waals surface area contributed by atoms with Crippen LogP contribution in [0.2, 0.25) is 0 Å². The Kier molecular flexibility index (Phi) is 7.42. The molecular formula is C20H27BrO6. The molecule has 1 saturated heterocycles. The number of hydrogen-bond donors (Lipinski definition) is 0. The van der Waals surface area contributed by atoms with Crippen LogP contribution in [0.1, 0.15) is 33.3 Å². The van der Waals surface area contributed by atoms with Gasteiger partial charge in [-0.15, -0.1) is 0 Å². The van der Waals surface area contributed by atoms with Crippen molar-refractivity contribution in [3.63, 3.8) is 0 Å². The number of ether oxygens (including phenoxy) is 4. The molecule has 0 bridgehead atoms. The molecule has 0 aliphatic carbocycles. The van der Waals surface area contributed by atoms with E-state index in [1.54, 1.807) is 21.0 Å². The highest BCUT2D eigenvalue weighted by molar-refractivity contribution is 9.10. The van der Waals surface area contributed by atoms with E-state index in [1.807, 2.05) is 38.1 Å². The first-order chi connectivity index (χ1) is 12.7. The molecule has 0 amide bonds. The first kappa shape index (κ1) is 21.9. The first-order valence-electron chi connectivity index (χ1n) is 8.95. The summed E-state index contributed by atoms with van der Waals surface area (Å²) in [6.45, 7) is 7.47. The minimum absolute atomic E-state index is 0.225. The lowest BCUT2D eigenvalue weighted by Crippen LogP contribution is -2.61. The molecule has 6 nitrogen and oxygen atoms in total. The zero-order valence-corrected chi connectivity index (χ0v) is 17.9. The molecule has 0 aromatic heterocycles. The molecule has 1 heterocycles. The van der Waals surface area contributed by atoms with Crippen LogP contribution >= 0.6 is 15.9 Å². The van der Waals surface area contributed by atoms with Crippen molar-refractivity contribution >= 4 is 28.2 Å². The van der Waals surface area contributed by atoms with Gasteiger partial charge in [0.15, 0.2) is 11.9 Å². The fraction of sp³-hybridized carbons (Fsp3) is 0.600. The normalized spacial score (nSPS) is 31.8. The van der Waals surface area contributed by atoms with Crippen LogP contribution in [0, 0.1) is 5.92 Å². The van der Waals surface area contributed by atoms with Crippen molar-refractivity contribution in [2.24, 2.45) is 5.92 Å². The van der Waals surface area contributed by atoms with Gasteiger partial charge in [-0.25, -0.2) is 0 Å². The molecule has 0 N–H and O–H groups in total. The topological polar surface area (TPSA) is 71.1 Å². The third kappa shape index (κ3) is 5.09. The van der Waals surface area contributed by atoms with Crippen molar-refractivity contribution in [3.05, 3.63) is 29.8 Å². The molecule has 1 unspecified atom stereocenters. The van der Waals surface area contributed by atoms with Crippen LogP contribution in [-0.2, 0) is 30.4 Å². The number of methoxy groups -OCH3 is 1. The lowest BCUT2D eigenvalue weighted by atomic mass is 9.81. The van der Waals surface area contributed by atoms with Crippen LogP contribution in [0.4, 0.5) is 0 Å². The summed E-state index contributed by atoms with van der Waals surface area (Å²) in [5.41, 5.74) is -0.224. The van der Waals surface area contributed by atoms with Crippen molar-refractivity contribution < 1.29 is 28.5 Å². The standard InChI is InChI=1S/C20H27BrO6/c1-12-17(25-10-15-6-8-16(24-5)9-7-15)14(3)27-20(4,11-22)18(12)26-19(23)13(2)21/h6-9,11-14,17-18H,10H2,1-5H3/t12-,13?,14+,17-,18+,20-/m1/s1. The molecule has 0 radical (unpaired) electrons. The van der Waals surface area contributed by atoms with E-state index in [0.29, 0.717) is 12.9 Å². The predicted molar refractivity (Wildman–Crippen MR) is 104 cm³/mol. The number of carbonyl (C=O) groups excluding carboxylic acids is 2. The van der Waals surface area contributed by atoms with Gasteiger partial charge in [-0.2, -0.15) is 0 Å². The van der Waals surface area contributed by atoms with E-state index in [1.165, 1.54) is 0 Å². The van der Waals surface area contributed by atoms with Gasteiger partial charge in [-0.05, 0) is 38.5 Å². The second-order valence-electron chi connectivity index (χ2n) is 7.08. The number of hydrogen-bond acceptors (Lipinski definition) is 6. The van der Waals surface area contributed by atoms with Crippen molar-refractivity contribution in [2.75, 3.05) is 7.11 Å². The molecule has 0 spiro atoms. The van der Waals surface area contributed by atoms with E-state index in [4.69, 9.17) is 18.9 Å². The molecule has 1 fully saturated rings. The van der Waals surface area contributed by atoms with Crippen LogP contribution in [0.25, 0.3) is 0 Å². The minimum atomic E-state index is -1.21. The predicted octanol–water partition coefficient (Wildman–Crippen LogP) is 3.29. The molecule has 7 heteroatoms. The molecule has 0 saturated carbocycles. The van der Waals surface area contributed by atoms with Gasteiger partial charge in [0.2, 0.25) is 0 Å². The third-order valence-corrected chi connectivity index (χ3v) is 5.24. The Morgan fingerprint density at radius 1 is 1.33 bits per heavy atom. The van der Waals surface area contributed by atoms with Crippen molar-refractivity contribution in [3.8, 4) is 5.75 Å². The summed E-state index contributed by atoms with van der Waals surface area (Å²) < 4.78 is 22.8. The molecule has 1 aromatic rings. The highest BCUT2D eigenvalue weighted by atomic mass is 79.9. The number of rotatable bonds is 7. The third-order valence-electron chi connectivity index (χ3n) is 4.87. The van der Waals surface area contributed by atoms with Gasteiger partial charge in [0.05, 0.1) is 25.9 Å². The fourth-order valence-electron chi connectivity index (χ4n) is 3.40. The summed E-state index contributed by atoms with van der Waals surface area (Å²) in [7, 11) is 1.62. The lowest BCUT2D eigenvalue weighted by Gasteiger charge is -2.47. The van der Waals surface area contributed by atoms with Gasteiger partial charge < -0.3 is 18.9 Å². The van der Waals surface area contributed by atoms with Crippen molar-refractivity contribution in [1.82, 2.24) is 0 Å². The van der Waals surface area contributed by atoms with Crippen LogP contribution < -0.4 is 4.74 Å². The van der Waals surface area contributed by atoms with Gasteiger partial charge in [0.1, 0.15) is 16.7 Å². The first-order valence-corrected chi connectivity index (χ1v) is 9.86. The SMILES string of the molecule is COc1ccc(CO[C@@H]2[C@@H](C)[C@H](OC(=O)C(C)Br)[C@@](C)(C=O)O[C@H]2C)cc1. The summed E-state index contributed by atoms with van der Waals surface area (Å²) in [6.07, 6.45) is -0.691. The van der Waals surface area contributed by atoms with E-state index in [0.717, 1.165) is 11.3 Å². The highest BCUT2D eigenvalue weighted by Crippen LogP contribution is 2.36. The molecule has 27 heavy (non-hydrogen) atoms. The van der Waals surface area contributed by atoms with Gasteiger partial charge in [0, 0.05) is 5.92 Å². The molecule has 2 rings (SSSR count). The maximum Gasteiger partial charge on any atom is 0.319 e. The number of halogens is 1. The number of carbonyl (C=O) groups is 2. The molecular weight excluding hydrogens is 416 g/mol. The number of benzene rings is 1.